The van der Waals surface area contributed by atoms with Gasteiger partial charge in [-0.2, -0.15) is 0 Å². The number of rotatable bonds is 3. The highest BCUT2D eigenvalue weighted by molar-refractivity contribution is 6.01. The number of carbonyl (C=O) groups is 1. The summed E-state index contributed by atoms with van der Waals surface area (Å²) in [6, 6.07) is 20.8. The Hall–Kier alpha value is -4.06. The summed E-state index contributed by atoms with van der Waals surface area (Å²) in [5.41, 5.74) is 2.57. The van der Waals surface area contributed by atoms with Gasteiger partial charge in [-0.05, 0) is 42.0 Å². The first kappa shape index (κ1) is 17.4. The largest absolute Gasteiger partial charge is 0.507 e. The maximum absolute atomic E-state index is 12.1. The van der Waals surface area contributed by atoms with Gasteiger partial charge in [0.15, 0.2) is 0 Å². The van der Waals surface area contributed by atoms with E-state index < -0.39 is 0 Å². The predicted molar refractivity (Wildman–Crippen MR) is 111 cm³/mol. The van der Waals surface area contributed by atoms with Crippen LogP contribution in [-0.4, -0.2) is 16.1 Å². The summed E-state index contributed by atoms with van der Waals surface area (Å²) in [5.74, 6) is 0.0445. The Morgan fingerprint density at radius 3 is 2.21 bits per heavy atom. The Balaban J connectivity index is 1.59. The lowest BCUT2D eigenvalue weighted by Gasteiger charge is -2.10. The van der Waals surface area contributed by atoms with Crippen molar-refractivity contribution in [3.05, 3.63) is 89.3 Å². The van der Waals surface area contributed by atoms with E-state index in [1.807, 2.05) is 30.3 Å². The van der Waals surface area contributed by atoms with Crippen molar-refractivity contribution in [3.8, 4) is 16.9 Å². The summed E-state index contributed by atoms with van der Waals surface area (Å²) in [6.45, 7) is 0. The molecule has 6 heteroatoms. The Morgan fingerprint density at radius 2 is 1.50 bits per heavy atom. The topological polar surface area (TPSA) is 94.2 Å². The van der Waals surface area contributed by atoms with E-state index in [0.29, 0.717) is 27.7 Å². The fourth-order valence-electron chi connectivity index (χ4n) is 3.08. The number of phenolic OH excluding ortho intramolecular Hbond substituents is 1. The van der Waals surface area contributed by atoms with Crippen LogP contribution in [0.1, 0.15) is 0 Å². The van der Waals surface area contributed by atoms with Crippen molar-refractivity contribution in [1.29, 1.82) is 0 Å². The smallest absolute Gasteiger partial charge is 0.323 e. The number of para-hydroxylation sites is 1. The number of aromatic nitrogens is 1. The number of fused-ring (bicyclic) bond motifs is 1. The van der Waals surface area contributed by atoms with Gasteiger partial charge in [-0.3, -0.25) is 4.79 Å². The Bertz CT molecular complexity index is 1200. The molecular formula is C22H17N3O3. The molecule has 0 aliphatic carbocycles. The second kappa shape index (κ2) is 7.28. The van der Waals surface area contributed by atoms with E-state index in [1.54, 1.807) is 48.7 Å². The summed E-state index contributed by atoms with van der Waals surface area (Å²) in [6.07, 6.45) is 1.58. The lowest BCUT2D eigenvalue weighted by Crippen LogP contribution is -2.19. The van der Waals surface area contributed by atoms with E-state index in [4.69, 9.17) is 0 Å². The van der Waals surface area contributed by atoms with Crippen LogP contribution in [0.3, 0.4) is 0 Å². The average molecular weight is 371 g/mol. The van der Waals surface area contributed by atoms with Crippen LogP contribution >= 0.6 is 0 Å². The van der Waals surface area contributed by atoms with Crippen LogP contribution in [0.5, 0.6) is 5.75 Å². The van der Waals surface area contributed by atoms with Crippen molar-refractivity contribution in [3.63, 3.8) is 0 Å². The van der Waals surface area contributed by atoms with Gasteiger partial charge < -0.3 is 20.7 Å². The van der Waals surface area contributed by atoms with Crippen LogP contribution in [0, 0.1) is 0 Å². The zero-order valence-corrected chi connectivity index (χ0v) is 14.8. The molecule has 1 aromatic heterocycles. The summed E-state index contributed by atoms with van der Waals surface area (Å²) in [4.78, 5) is 26.8. The molecule has 3 aromatic carbocycles. The number of aromatic hydroxyl groups is 1. The SMILES string of the molecule is O=C(Nc1ccccc1)Nc1ccc(-c2c[nH]c(=O)c3cccc(O)c23)cc1. The lowest BCUT2D eigenvalue weighted by atomic mass is 10.00. The van der Waals surface area contributed by atoms with Crippen molar-refractivity contribution < 1.29 is 9.90 Å². The molecule has 0 unspecified atom stereocenters. The number of urea groups is 1. The highest BCUT2D eigenvalue weighted by atomic mass is 16.3. The molecule has 0 atom stereocenters. The zero-order chi connectivity index (χ0) is 19.5. The number of pyridine rings is 1. The molecule has 4 N–H and O–H groups in total. The number of H-pyrrole nitrogens is 1. The number of carbonyl (C=O) groups excluding carboxylic acids is 1. The van der Waals surface area contributed by atoms with Crippen LogP contribution in [0.15, 0.2) is 83.8 Å². The standard InChI is InChI=1S/C22H17N3O3/c26-19-8-4-7-17-20(19)18(13-23-21(17)27)14-9-11-16(12-10-14)25-22(28)24-15-5-2-1-3-6-15/h1-13,26H,(H,23,27)(H2,24,25,28). The molecule has 0 aliphatic rings. The Morgan fingerprint density at radius 1 is 0.821 bits per heavy atom. The van der Waals surface area contributed by atoms with Gasteiger partial charge in [0.05, 0.1) is 5.39 Å². The molecule has 0 saturated heterocycles. The van der Waals surface area contributed by atoms with Gasteiger partial charge in [-0.25, -0.2) is 4.79 Å². The van der Waals surface area contributed by atoms with Crippen molar-refractivity contribution in [2.75, 3.05) is 10.6 Å². The fraction of sp³-hybridized carbons (Fsp3) is 0. The van der Waals surface area contributed by atoms with Crippen LogP contribution in [0.2, 0.25) is 0 Å². The molecule has 0 fully saturated rings. The normalized spacial score (nSPS) is 10.6. The first-order valence-corrected chi connectivity index (χ1v) is 8.69. The summed E-state index contributed by atoms with van der Waals surface area (Å²) in [7, 11) is 0. The molecule has 1 heterocycles. The number of aromatic amines is 1. The van der Waals surface area contributed by atoms with Gasteiger partial charge in [0.25, 0.3) is 5.56 Å². The third-order valence-corrected chi connectivity index (χ3v) is 4.39. The van der Waals surface area contributed by atoms with E-state index in [1.165, 1.54) is 0 Å². The van der Waals surface area contributed by atoms with Gasteiger partial charge in [-0.15, -0.1) is 0 Å². The number of amides is 2. The molecule has 4 rings (SSSR count). The molecule has 2 amide bonds. The number of hydrogen-bond donors (Lipinski definition) is 4. The van der Waals surface area contributed by atoms with Crippen LogP contribution < -0.4 is 16.2 Å². The van der Waals surface area contributed by atoms with E-state index in [2.05, 4.69) is 15.6 Å². The minimum atomic E-state index is -0.342. The molecule has 28 heavy (non-hydrogen) atoms. The molecule has 0 radical (unpaired) electrons. The highest BCUT2D eigenvalue weighted by Gasteiger charge is 2.11. The van der Waals surface area contributed by atoms with E-state index in [9.17, 15) is 14.7 Å². The monoisotopic (exact) mass is 371 g/mol. The third kappa shape index (κ3) is 3.43. The molecule has 138 valence electrons. The Labute approximate surface area is 160 Å². The van der Waals surface area contributed by atoms with Crippen LogP contribution in [-0.2, 0) is 0 Å². The Kier molecular flexibility index (Phi) is 4.51. The maximum atomic E-state index is 12.1. The molecule has 0 spiro atoms. The number of benzene rings is 3. The maximum Gasteiger partial charge on any atom is 0.323 e. The lowest BCUT2D eigenvalue weighted by molar-refractivity contribution is 0.262. The molecular weight excluding hydrogens is 354 g/mol. The summed E-state index contributed by atoms with van der Waals surface area (Å²) >= 11 is 0. The van der Waals surface area contributed by atoms with Crippen molar-refractivity contribution in [2.24, 2.45) is 0 Å². The summed E-state index contributed by atoms with van der Waals surface area (Å²) in [5, 5.41) is 16.7. The molecule has 0 bridgehead atoms. The van der Waals surface area contributed by atoms with Gasteiger partial charge >= 0.3 is 6.03 Å². The minimum Gasteiger partial charge on any atom is -0.507 e. The zero-order valence-electron chi connectivity index (χ0n) is 14.8. The van der Waals surface area contributed by atoms with E-state index in [-0.39, 0.29) is 17.3 Å². The third-order valence-electron chi connectivity index (χ3n) is 4.39. The second-order valence-electron chi connectivity index (χ2n) is 6.25. The van der Waals surface area contributed by atoms with Gasteiger partial charge in [-0.1, -0.05) is 36.4 Å². The minimum absolute atomic E-state index is 0.0445. The summed E-state index contributed by atoms with van der Waals surface area (Å²) < 4.78 is 0. The predicted octanol–water partition coefficient (Wildman–Crippen LogP) is 4.54. The van der Waals surface area contributed by atoms with Crippen LogP contribution in [0.25, 0.3) is 21.9 Å². The quantitative estimate of drug-likeness (QED) is 0.426. The molecule has 4 aromatic rings. The average Bonchev–Trinajstić information content (AvgIpc) is 2.70. The number of phenols is 1. The van der Waals surface area contributed by atoms with Gasteiger partial charge in [0, 0.05) is 28.5 Å². The number of hydrogen-bond acceptors (Lipinski definition) is 3. The van der Waals surface area contributed by atoms with Gasteiger partial charge in [0.1, 0.15) is 5.75 Å². The second-order valence-corrected chi connectivity index (χ2v) is 6.25. The fourth-order valence-corrected chi connectivity index (χ4v) is 3.08. The number of nitrogens with one attached hydrogen (secondary N) is 3. The van der Waals surface area contributed by atoms with E-state index in [0.717, 1.165) is 5.56 Å². The van der Waals surface area contributed by atoms with Crippen LogP contribution in [0.4, 0.5) is 16.2 Å². The highest BCUT2D eigenvalue weighted by Crippen LogP contribution is 2.32. The first-order chi connectivity index (χ1) is 13.6. The van der Waals surface area contributed by atoms with Crippen molar-refractivity contribution in [1.82, 2.24) is 4.98 Å². The van der Waals surface area contributed by atoms with Crippen molar-refractivity contribution in [2.45, 2.75) is 0 Å². The van der Waals surface area contributed by atoms with Gasteiger partial charge in [0.2, 0.25) is 0 Å². The molecule has 6 nitrogen and oxygen atoms in total. The molecule has 0 saturated carbocycles. The van der Waals surface area contributed by atoms with Crippen molar-refractivity contribution >= 4 is 28.2 Å². The molecule has 0 aliphatic heterocycles. The number of anilines is 2. The first-order valence-electron chi connectivity index (χ1n) is 8.69. The van der Waals surface area contributed by atoms with E-state index >= 15 is 0 Å².